The summed E-state index contributed by atoms with van der Waals surface area (Å²) in [7, 11) is 0. The molecule has 0 saturated heterocycles. The highest BCUT2D eigenvalue weighted by Gasteiger charge is 2.27. The minimum absolute atomic E-state index is 0.137. The molecule has 8 nitrogen and oxygen atoms in total. The summed E-state index contributed by atoms with van der Waals surface area (Å²) in [6.45, 7) is 2.84. The summed E-state index contributed by atoms with van der Waals surface area (Å²) in [5.41, 5.74) is 0.769. The van der Waals surface area contributed by atoms with E-state index >= 15 is 0 Å². The molecule has 0 saturated carbocycles. The Balaban J connectivity index is 2.49. The van der Waals surface area contributed by atoms with Crippen molar-refractivity contribution in [1.82, 2.24) is 4.90 Å². The van der Waals surface area contributed by atoms with Crippen LogP contribution in [0.2, 0.25) is 0 Å². The van der Waals surface area contributed by atoms with Gasteiger partial charge in [-0.2, -0.15) is 13.2 Å². The van der Waals surface area contributed by atoms with Crippen molar-refractivity contribution in [2.75, 3.05) is 46.1 Å². The molecule has 0 radical (unpaired) electrons. The standard InChI is InChI=1S/C21H30F3NO7/c1-3-30-18(19(26)27)14-16-6-8-17(9-7-16)32-13-11-25(20(28)31-4-2)10-5-12-29-15-21(22,23)24/h6-9,18H,3-5,10-15H2,1-2H3,(H,26,27). The average Bonchev–Trinajstić information content (AvgIpc) is 2.72. The Hall–Kier alpha value is -2.53. The Morgan fingerprint density at radius 1 is 1.06 bits per heavy atom. The Kier molecular flexibility index (Phi) is 12.5. The second kappa shape index (κ2) is 14.5. The van der Waals surface area contributed by atoms with Gasteiger partial charge in [-0.1, -0.05) is 12.1 Å². The molecule has 1 atom stereocenters. The lowest BCUT2D eigenvalue weighted by Gasteiger charge is -2.22. The molecule has 1 rings (SSSR count). The summed E-state index contributed by atoms with van der Waals surface area (Å²) < 4.78 is 56.6. The lowest BCUT2D eigenvalue weighted by Crippen LogP contribution is -2.36. The van der Waals surface area contributed by atoms with Crippen LogP contribution in [0, 0.1) is 0 Å². The maximum atomic E-state index is 12.1. The normalized spacial score (nSPS) is 12.3. The largest absolute Gasteiger partial charge is 0.492 e. The summed E-state index contributed by atoms with van der Waals surface area (Å²) in [6, 6.07) is 6.82. The topological polar surface area (TPSA) is 94.5 Å². The Morgan fingerprint density at radius 2 is 1.75 bits per heavy atom. The number of carbonyl (C=O) groups excluding carboxylic acids is 1. The molecule has 0 bridgehead atoms. The van der Waals surface area contributed by atoms with Crippen molar-refractivity contribution in [2.45, 2.75) is 39.0 Å². The SMILES string of the molecule is CCOC(=O)N(CCCOCC(F)(F)F)CCOc1ccc(CC(OCC)C(=O)O)cc1. The summed E-state index contributed by atoms with van der Waals surface area (Å²) >= 11 is 0. The highest BCUT2D eigenvalue weighted by molar-refractivity contribution is 5.72. The second-order valence-electron chi connectivity index (χ2n) is 6.69. The van der Waals surface area contributed by atoms with Gasteiger partial charge in [0.25, 0.3) is 0 Å². The maximum Gasteiger partial charge on any atom is 0.411 e. The fraction of sp³-hybridized carbons (Fsp3) is 0.619. The Labute approximate surface area is 185 Å². The number of carboxylic acids is 1. The zero-order chi connectivity index (χ0) is 24.0. The van der Waals surface area contributed by atoms with E-state index in [0.717, 1.165) is 5.56 Å². The molecular formula is C21H30F3NO7. The zero-order valence-corrected chi connectivity index (χ0v) is 18.2. The van der Waals surface area contributed by atoms with Gasteiger partial charge in [-0.3, -0.25) is 0 Å². The molecule has 1 amide bonds. The Bertz CT molecular complexity index is 683. The molecule has 32 heavy (non-hydrogen) atoms. The van der Waals surface area contributed by atoms with Gasteiger partial charge < -0.3 is 29.0 Å². The fourth-order valence-electron chi connectivity index (χ4n) is 2.68. The summed E-state index contributed by atoms with van der Waals surface area (Å²) in [5, 5.41) is 9.15. The van der Waals surface area contributed by atoms with Gasteiger partial charge in [-0.25, -0.2) is 9.59 Å². The quantitative estimate of drug-likeness (QED) is 0.396. The minimum Gasteiger partial charge on any atom is -0.492 e. The van der Waals surface area contributed by atoms with Gasteiger partial charge in [0.05, 0.1) is 13.2 Å². The Morgan fingerprint density at radius 3 is 2.31 bits per heavy atom. The molecule has 0 aliphatic carbocycles. The van der Waals surface area contributed by atoms with Crippen LogP contribution in [0.1, 0.15) is 25.8 Å². The van der Waals surface area contributed by atoms with Crippen LogP contribution in [0.25, 0.3) is 0 Å². The first-order chi connectivity index (χ1) is 15.2. The number of carbonyl (C=O) groups is 2. The molecule has 0 spiro atoms. The number of hydrogen-bond acceptors (Lipinski definition) is 6. The van der Waals surface area contributed by atoms with Crippen molar-refractivity contribution in [3.63, 3.8) is 0 Å². The number of halogens is 3. The van der Waals surface area contributed by atoms with Crippen LogP contribution in [-0.2, 0) is 25.4 Å². The second-order valence-corrected chi connectivity index (χ2v) is 6.69. The van der Waals surface area contributed by atoms with Crippen molar-refractivity contribution in [2.24, 2.45) is 0 Å². The van der Waals surface area contributed by atoms with Gasteiger partial charge in [0.2, 0.25) is 0 Å². The highest BCUT2D eigenvalue weighted by Crippen LogP contribution is 2.16. The third-order valence-electron chi connectivity index (χ3n) is 4.13. The number of carboxylic acid groups (broad SMARTS) is 1. The molecule has 11 heteroatoms. The van der Waals surface area contributed by atoms with E-state index in [2.05, 4.69) is 4.74 Å². The molecule has 1 N–H and O–H groups in total. The molecular weight excluding hydrogens is 435 g/mol. The van der Waals surface area contributed by atoms with Crippen LogP contribution in [0.15, 0.2) is 24.3 Å². The van der Waals surface area contributed by atoms with Crippen LogP contribution in [0.5, 0.6) is 5.75 Å². The fourth-order valence-corrected chi connectivity index (χ4v) is 2.68. The molecule has 1 unspecified atom stereocenters. The first-order valence-corrected chi connectivity index (χ1v) is 10.3. The molecule has 0 aliphatic rings. The lowest BCUT2D eigenvalue weighted by molar-refractivity contribution is -0.174. The third kappa shape index (κ3) is 11.8. The molecule has 0 aliphatic heterocycles. The molecule has 0 fully saturated rings. The van der Waals surface area contributed by atoms with E-state index in [9.17, 15) is 22.8 Å². The van der Waals surface area contributed by atoms with E-state index in [1.807, 2.05) is 0 Å². The van der Waals surface area contributed by atoms with Gasteiger partial charge in [0.15, 0.2) is 6.10 Å². The third-order valence-corrected chi connectivity index (χ3v) is 4.13. The number of amides is 1. The zero-order valence-electron chi connectivity index (χ0n) is 18.2. The summed E-state index contributed by atoms with van der Waals surface area (Å²) in [6.07, 6.45) is -5.46. The van der Waals surface area contributed by atoms with Crippen LogP contribution < -0.4 is 4.74 Å². The van der Waals surface area contributed by atoms with Crippen molar-refractivity contribution < 1.29 is 46.8 Å². The van der Waals surface area contributed by atoms with Crippen molar-refractivity contribution in [3.8, 4) is 5.75 Å². The van der Waals surface area contributed by atoms with E-state index in [1.54, 1.807) is 38.1 Å². The van der Waals surface area contributed by atoms with Crippen molar-refractivity contribution in [3.05, 3.63) is 29.8 Å². The predicted octanol–water partition coefficient (Wildman–Crippen LogP) is 3.53. The van der Waals surface area contributed by atoms with Gasteiger partial charge in [0, 0.05) is 26.2 Å². The van der Waals surface area contributed by atoms with E-state index in [4.69, 9.17) is 19.3 Å². The summed E-state index contributed by atoms with van der Waals surface area (Å²) in [4.78, 5) is 24.5. The average molecular weight is 465 g/mol. The minimum atomic E-state index is -4.39. The van der Waals surface area contributed by atoms with E-state index in [0.29, 0.717) is 12.4 Å². The predicted molar refractivity (Wildman–Crippen MR) is 109 cm³/mol. The van der Waals surface area contributed by atoms with E-state index in [-0.39, 0.29) is 45.8 Å². The molecule has 1 aromatic carbocycles. The van der Waals surface area contributed by atoms with Crippen LogP contribution in [0.3, 0.4) is 0 Å². The van der Waals surface area contributed by atoms with E-state index < -0.39 is 30.9 Å². The number of hydrogen-bond donors (Lipinski definition) is 1. The number of alkyl halides is 3. The smallest absolute Gasteiger partial charge is 0.411 e. The first-order valence-electron chi connectivity index (χ1n) is 10.3. The van der Waals surface area contributed by atoms with Gasteiger partial charge in [0.1, 0.15) is 19.0 Å². The monoisotopic (exact) mass is 465 g/mol. The maximum absolute atomic E-state index is 12.1. The van der Waals surface area contributed by atoms with Gasteiger partial charge in [-0.15, -0.1) is 0 Å². The van der Waals surface area contributed by atoms with Crippen molar-refractivity contribution in [1.29, 1.82) is 0 Å². The number of benzene rings is 1. The van der Waals surface area contributed by atoms with Gasteiger partial charge in [-0.05, 0) is 38.0 Å². The molecule has 182 valence electrons. The van der Waals surface area contributed by atoms with Gasteiger partial charge >= 0.3 is 18.2 Å². The summed E-state index contributed by atoms with van der Waals surface area (Å²) in [5.74, 6) is -0.510. The van der Waals surface area contributed by atoms with Crippen LogP contribution >= 0.6 is 0 Å². The van der Waals surface area contributed by atoms with Crippen LogP contribution in [-0.4, -0.2) is 80.5 Å². The molecule has 1 aromatic rings. The number of ether oxygens (including phenoxy) is 4. The van der Waals surface area contributed by atoms with E-state index in [1.165, 1.54) is 4.90 Å². The molecule has 0 aromatic heterocycles. The number of aliphatic carboxylic acids is 1. The first kappa shape index (κ1) is 27.5. The molecule has 0 heterocycles. The van der Waals surface area contributed by atoms with Crippen LogP contribution in [0.4, 0.5) is 18.0 Å². The highest BCUT2D eigenvalue weighted by atomic mass is 19.4. The van der Waals surface area contributed by atoms with Crippen molar-refractivity contribution >= 4 is 12.1 Å². The lowest BCUT2D eigenvalue weighted by atomic mass is 10.1. The number of rotatable bonds is 15. The number of nitrogens with zero attached hydrogens (tertiary/aromatic N) is 1.